The molecule has 0 heterocycles. The number of carbonyl (C=O) groups excluding carboxylic acids is 2. The molecule has 0 saturated heterocycles. The van der Waals surface area contributed by atoms with Crippen molar-refractivity contribution >= 4 is 29.4 Å². The molecule has 0 aromatic heterocycles. The number of carbonyl (C=O) groups is 2. The van der Waals surface area contributed by atoms with E-state index < -0.39 is 16.9 Å². The molecule has 0 N–H and O–H groups in total. The number of benzene rings is 1. The average Bonchev–Trinajstić information content (AvgIpc) is 2.35. The Labute approximate surface area is 106 Å². The molecule has 18 heavy (non-hydrogen) atoms. The number of hydrogen-bond acceptors (Lipinski definition) is 7. The molecular formula is C10H8NO6S-. The van der Waals surface area contributed by atoms with Crippen LogP contribution in [0.5, 0.6) is 0 Å². The third-order valence-electron chi connectivity index (χ3n) is 1.96. The average molecular weight is 270 g/mol. The molecule has 0 unspecified atom stereocenters. The van der Waals surface area contributed by atoms with Gasteiger partial charge in [0.1, 0.15) is 0 Å². The van der Waals surface area contributed by atoms with Gasteiger partial charge in [-0.1, -0.05) is 6.07 Å². The zero-order chi connectivity index (χ0) is 13.7. The molecule has 8 heteroatoms. The molecule has 0 radical (unpaired) electrons. The van der Waals surface area contributed by atoms with E-state index in [1.165, 1.54) is 19.2 Å². The first-order valence-electron chi connectivity index (χ1n) is 4.65. The van der Waals surface area contributed by atoms with Crippen LogP contribution >= 0.6 is 11.8 Å². The second-order valence-electron chi connectivity index (χ2n) is 3.09. The summed E-state index contributed by atoms with van der Waals surface area (Å²) in [5, 5.41) is 21.4. The number of esters is 1. The second kappa shape index (κ2) is 6.01. The van der Waals surface area contributed by atoms with Crippen LogP contribution < -0.4 is 5.11 Å². The highest BCUT2D eigenvalue weighted by molar-refractivity contribution is 8.00. The van der Waals surface area contributed by atoms with Crippen molar-refractivity contribution in [1.29, 1.82) is 0 Å². The summed E-state index contributed by atoms with van der Waals surface area (Å²) in [5.41, 5.74) is -0.672. The van der Waals surface area contributed by atoms with Crippen LogP contribution in [0.25, 0.3) is 0 Å². The summed E-state index contributed by atoms with van der Waals surface area (Å²) in [6.45, 7) is 0. The van der Waals surface area contributed by atoms with Gasteiger partial charge in [-0.05, 0) is 6.07 Å². The molecule has 0 spiro atoms. The van der Waals surface area contributed by atoms with Crippen LogP contribution in [0.1, 0.15) is 10.4 Å². The van der Waals surface area contributed by atoms with E-state index in [9.17, 15) is 24.8 Å². The lowest BCUT2D eigenvalue weighted by molar-refractivity contribution is -0.387. The fourth-order valence-corrected chi connectivity index (χ4v) is 1.94. The summed E-state index contributed by atoms with van der Waals surface area (Å²) in [6.07, 6.45) is 0. The van der Waals surface area contributed by atoms with E-state index in [0.717, 1.165) is 17.8 Å². The Morgan fingerprint density at radius 2 is 2.11 bits per heavy atom. The van der Waals surface area contributed by atoms with Crippen molar-refractivity contribution in [3.8, 4) is 0 Å². The molecule has 0 aliphatic heterocycles. The van der Waals surface area contributed by atoms with Crippen molar-refractivity contribution in [2.75, 3.05) is 12.9 Å². The van der Waals surface area contributed by atoms with Crippen molar-refractivity contribution in [2.24, 2.45) is 0 Å². The molecule has 0 aliphatic rings. The first-order valence-corrected chi connectivity index (χ1v) is 5.63. The SMILES string of the molecule is COC(=O)CSc1ccc(C(=O)[O-])cc1[N+](=O)[O-]. The van der Waals surface area contributed by atoms with Crippen LogP contribution in [0.2, 0.25) is 0 Å². The van der Waals surface area contributed by atoms with Crippen molar-refractivity contribution < 1.29 is 24.4 Å². The van der Waals surface area contributed by atoms with Crippen LogP contribution in [0.15, 0.2) is 23.1 Å². The van der Waals surface area contributed by atoms with E-state index in [2.05, 4.69) is 4.74 Å². The Balaban J connectivity index is 3.00. The van der Waals surface area contributed by atoms with Crippen molar-refractivity contribution in [3.05, 3.63) is 33.9 Å². The summed E-state index contributed by atoms with van der Waals surface area (Å²) in [4.78, 5) is 31.8. The van der Waals surface area contributed by atoms with Gasteiger partial charge in [0.05, 0.1) is 28.7 Å². The minimum atomic E-state index is -1.50. The molecule has 0 atom stereocenters. The summed E-state index contributed by atoms with van der Waals surface area (Å²) in [5.74, 6) is -2.12. The van der Waals surface area contributed by atoms with Gasteiger partial charge >= 0.3 is 5.97 Å². The summed E-state index contributed by atoms with van der Waals surface area (Å²) in [7, 11) is 1.20. The number of nitro benzene ring substituents is 1. The minimum Gasteiger partial charge on any atom is -0.545 e. The van der Waals surface area contributed by atoms with E-state index in [-0.39, 0.29) is 21.9 Å². The lowest BCUT2D eigenvalue weighted by atomic mass is 10.2. The molecular weight excluding hydrogens is 262 g/mol. The zero-order valence-electron chi connectivity index (χ0n) is 9.24. The third kappa shape index (κ3) is 3.45. The van der Waals surface area contributed by atoms with Crippen LogP contribution in [0.3, 0.4) is 0 Å². The lowest BCUT2D eigenvalue weighted by Gasteiger charge is -2.05. The Morgan fingerprint density at radius 1 is 1.44 bits per heavy atom. The van der Waals surface area contributed by atoms with Crippen LogP contribution in [0.4, 0.5) is 5.69 Å². The number of carboxylic acids is 1. The second-order valence-corrected chi connectivity index (χ2v) is 4.11. The van der Waals surface area contributed by atoms with Crippen LogP contribution in [0, 0.1) is 10.1 Å². The largest absolute Gasteiger partial charge is 0.545 e. The van der Waals surface area contributed by atoms with E-state index in [4.69, 9.17) is 0 Å². The number of methoxy groups -OCH3 is 1. The number of rotatable bonds is 5. The fraction of sp³-hybridized carbons (Fsp3) is 0.200. The van der Waals surface area contributed by atoms with Crippen molar-refractivity contribution in [1.82, 2.24) is 0 Å². The first-order chi connectivity index (χ1) is 8.45. The fourth-order valence-electron chi connectivity index (χ4n) is 1.10. The Hall–Kier alpha value is -2.09. The Kier molecular flexibility index (Phi) is 4.67. The number of ether oxygens (including phenoxy) is 1. The monoisotopic (exact) mass is 270 g/mol. The maximum atomic E-state index is 10.9. The number of carboxylic acid groups (broad SMARTS) is 1. The smallest absolute Gasteiger partial charge is 0.315 e. The maximum absolute atomic E-state index is 10.9. The van der Waals surface area contributed by atoms with Gasteiger partial charge in [-0.2, -0.15) is 0 Å². The van der Waals surface area contributed by atoms with E-state index in [1.54, 1.807) is 0 Å². The quantitative estimate of drug-likeness (QED) is 0.326. The number of aromatic carboxylic acids is 1. The lowest BCUT2D eigenvalue weighted by Crippen LogP contribution is -2.22. The molecule has 0 amide bonds. The van der Waals surface area contributed by atoms with Gasteiger partial charge in [0.2, 0.25) is 0 Å². The molecule has 96 valence electrons. The molecule has 0 fully saturated rings. The number of hydrogen-bond donors (Lipinski definition) is 0. The summed E-state index contributed by atoms with van der Waals surface area (Å²) < 4.78 is 4.40. The Bertz CT molecular complexity index is 501. The predicted molar refractivity (Wildman–Crippen MR) is 60.2 cm³/mol. The molecule has 0 bridgehead atoms. The number of thioether (sulfide) groups is 1. The van der Waals surface area contributed by atoms with Crippen molar-refractivity contribution in [3.63, 3.8) is 0 Å². The summed E-state index contributed by atoms with van der Waals surface area (Å²) >= 11 is 0.899. The molecule has 1 rings (SSSR count). The van der Waals surface area contributed by atoms with Crippen LogP contribution in [-0.2, 0) is 9.53 Å². The van der Waals surface area contributed by atoms with E-state index >= 15 is 0 Å². The van der Waals surface area contributed by atoms with Gasteiger partial charge in [0.25, 0.3) is 5.69 Å². The van der Waals surface area contributed by atoms with Crippen molar-refractivity contribution in [2.45, 2.75) is 4.90 Å². The molecule has 0 saturated carbocycles. The van der Waals surface area contributed by atoms with Gasteiger partial charge in [-0.3, -0.25) is 14.9 Å². The topological polar surface area (TPSA) is 110 Å². The van der Waals surface area contributed by atoms with Gasteiger partial charge in [0, 0.05) is 11.6 Å². The van der Waals surface area contributed by atoms with Gasteiger partial charge in [0.15, 0.2) is 0 Å². The number of nitro groups is 1. The molecule has 1 aromatic carbocycles. The number of nitrogens with zero attached hydrogens (tertiary/aromatic N) is 1. The molecule has 1 aromatic rings. The normalized spacial score (nSPS) is 9.83. The molecule has 0 aliphatic carbocycles. The maximum Gasteiger partial charge on any atom is 0.315 e. The standard InChI is InChI=1S/C10H9NO6S/c1-17-9(12)5-18-8-3-2-6(10(13)14)4-7(8)11(15)16/h2-4H,5H2,1H3,(H,13,14)/p-1. The molecule has 7 nitrogen and oxygen atoms in total. The van der Waals surface area contributed by atoms with Crippen LogP contribution in [-0.4, -0.2) is 29.7 Å². The minimum absolute atomic E-state index is 0.0952. The zero-order valence-corrected chi connectivity index (χ0v) is 10.1. The summed E-state index contributed by atoms with van der Waals surface area (Å²) in [6, 6.07) is 3.34. The first kappa shape index (κ1) is 14.0. The van der Waals surface area contributed by atoms with E-state index in [0.29, 0.717) is 0 Å². The third-order valence-corrected chi connectivity index (χ3v) is 3.00. The van der Waals surface area contributed by atoms with Gasteiger partial charge < -0.3 is 14.6 Å². The van der Waals surface area contributed by atoms with Gasteiger partial charge in [-0.25, -0.2) is 0 Å². The predicted octanol–water partition coefficient (Wildman–Crippen LogP) is 0.223. The van der Waals surface area contributed by atoms with Gasteiger partial charge in [-0.15, -0.1) is 11.8 Å². The van der Waals surface area contributed by atoms with E-state index in [1.807, 2.05) is 0 Å². The highest BCUT2D eigenvalue weighted by atomic mass is 32.2. The Morgan fingerprint density at radius 3 is 2.61 bits per heavy atom. The highest BCUT2D eigenvalue weighted by Gasteiger charge is 2.16. The highest BCUT2D eigenvalue weighted by Crippen LogP contribution is 2.29.